The fourth-order valence-corrected chi connectivity index (χ4v) is 4.10. The minimum absolute atomic E-state index is 0.690. The fourth-order valence-electron chi connectivity index (χ4n) is 3.73. The zero-order valence-corrected chi connectivity index (χ0v) is 14.4. The number of methoxy groups -OCH3 is 1. The number of hydrogen-bond donors (Lipinski definition) is 1. The van der Waals surface area contributed by atoms with E-state index in [1.54, 1.807) is 7.11 Å². The highest BCUT2D eigenvalue weighted by Crippen LogP contribution is 2.29. The Labute approximate surface area is 136 Å². The number of halogens is 1. The summed E-state index contributed by atoms with van der Waals surface area (Å²) in [5, 5.41) is 3.70. The Morgan fingerprint density at radius 3 is 2.95 bits per heavy atom. The molecule has 0 aliphatic carbocycles. The standard InChI is InChI=1S/C17H25BrN2O/c1-21-14-7-8-15(18)13(11-14)12-20-10-3-2-6-17(20)16-5-4-9-19-16/h7-8,11,16-17,19H,2-6,9-10,12H2,1H3. The number of likely N-dealkylation sites (tertiary alicyclic amines) is 1. The number of piperidine rings is 1. The predicted octanol–water partition coefficient (Wildman–Crippen LogP) is 3.56. The summed E-state index contributed by atoms with van der Waals surface area (Å²) in [5.41, 5.74) is 1.33. The Hall–Kier alpha value is -0.580. The molecule has 0 saturated carbocycles. The molecule has 2 aliphatic rings. The molecule has 2 saturated heterocycles. The topological polar surface area (TPSA) is 24.5 Å². The summed E-state index contributed by atoms with van der Waals surface area (Å²) in [6.07, 6.45) is 6.70. The molecule has 0 aromatic heterocycles. The van der Waals surface area contributed by atoms with Crippen LogP contribution < -0.4 is 10.1 Å². The second-order valence-electron chi connectivity index (χ2n) is 6.19. The third kappa shape index (κ3) is 3.61. The fraction of sp³-hybridized carbons (Fsp3) is 0.647. The van der Waals surface area contributed by atoms with Gasteiger partial charge in [0.25, 0.3) is 0 Å². The van der Waals surface area contributed by atoms with E-state index in [1.165, 1.54) is 55.2 Å². The molecule has 0 radical (unpaired) electrons. The van der Waals surface area contributed by atoms with Crippen molar-refractivity contribution in [3.63, 3.8) is 0 Å². The highest BCUT2D eigenvalue weighted by Gasteiger charge is 2.31. The zero-order valence-electron chi connectivity index (χ0n) is 12.8. The molecule has 1 N–H and O–H groups in total. The average molecular weight is 353 g/mol. The van der Waals surface area contributed by atoms with Gasteiger partial charge in [0.15, 0.2) is 0 Å². The summed E-state index contributed by atoms with van der Waals surface area (Å²) in [5.74, 6) is 0.945. The first-order valence-electron chi connectivity index (χ1n) is 8.08. The van der Waals surface area contributed by atoms with Crippen molar-refractivity contribution in [1.29, 1.82) is 0 Å². The molecule has 2 unspecified atom stereocenters. The lowest BCUT2D eigenvalue weighted by Crippen LogP contribution is -2.49. The third-order valence-electron chi connectivity index (χ3n) is 4.85. The lowest BCUT2D eigenvalue weighted by Gasteiger charge is -2.39. The molecule has 1 aromatic rings. The Kier molecular flexibility index (Phi) is 5.19. The summed E-state index contributed by atoms with van der Waals surface area (Å²) >= 11 is 3.69. The van der Waals surface area contributed by atoms with Gasteiger partial charge in [-0.1, -0.05) is 22.4 Å². The lowest BCUT2D eigenvalue weighted by molar-refractivity contribution is 0.112. The van der Waals surface area contributed by atoms with E-state index < -0.39 is 0 Å². The highest BCUT2D eigenvalue weighted by atomic mass is 79.9. The van der Waals surface area contributed by atoms with Crippen molar-refractivity contribution in [3.05, 3.63) is 28.2 Å². The van der Waals surface area contributed by atoms with Gasteiger partial charge in [-0.2, -0.15) is 0 Å². The first-order chi connectivity index (χ1) is 10.3. The van der Waals surface area contributed by atoms with Crippen LogP contribution in [0.5, 0.6) is 5.75 Å². The van der Waals surface area contributed by atoms with E-state index >= 15 is 0 Å². The van der Waals surface area contributed by atoms with E-state index in [1.807, 2.05) is 6.07 Å². The molecule has 0 bridgehead atoms. The summed E-state index contributed by atoms with van der Waals surface area (Å²) in [6, 6.07) is 7.66. The largest absolute Gasteiger partial charge is 0.497 e. The number of nitrogens with zero attached hydrogens (tertiary/aromatic N) is 1. The maximum atomic E-state index is 5.37. The average Bonchev–Trinajstić information content (AvgIpc) is 3.04. The first kappa shape index (κ1) is 15.3. The Morgan fingerprint density at radius 2 is 2.19 bits per heavy atom. The minimum Gasteiger partial charge on any atom is -0.497 e. The van der Waals surface area contributed by atoms with Crippen LogP contribution >= 0.6 is 15.9 Å². The van der Waals surface area contributed by atoms with Gasteiger partial charge in [0.05, 0.1) is 7.11 Å². The molecule has 2 atom stereocenters. The van der Waals surface area contributed by atoms with E-state index in [9.17, 15) is 0 Å². The number of nitrogens with one attached hydrogen (secondary N) is 1. The van der Waals surface area contributed by atoms with E-state index in [4.69, 9.17) is 4.74 Å². The Bertz CT molecular complexity index is 474. The van der Waals surface area contributed by atoms with Crippen molar-refractivity contribution in [2.24, 2.45) is 0 Å². The SMILES string of the molecule is COc1ccc(Br)c(CN2CCCCC2C2CCCN2)c1. The van der Waals surface area contributed by atoms with Crippen molar-refractivity contribution < 1.29 is 4.74 Å². The minimum atomic E-state index is 0.690. The third-order valence-corrected chi connectivity index (χ3v) is 5.63. The molecule has 2 aliphatic heterocycles. The normalized spacial score (nSPS) is 27.0. The van der Waals surface area contributed by atoms with Gasteiger partial charge in [-0.3, -0.25) is 4.90 Å². The van der Waals surface area contributed by atoms with Crippen molar-refractivity contribution >= 4 is 15.9 Å². The van der Waals surface area contributed by atoms with Crippen LogP contribution in [0.15, 0.2) is 22.7 Å². The van der Waals surface area contributed by atoms with Gasteiger partial charge in [0, 0.05) is 23.1 Å². The molecule has 4 heteroatoms. The number of ether oxygens (including phenoxy) is 1. The van der Waals surface area contributed by atoms with Gasteiger partial charge in [-0.25, -0.2) is 0 Å². The summed E-state index contributed by atoms with van der Waals surface area (Å²) in [7, 11) is 1.74. The molecular weight excluding hydrogens is 328 g/mol. The number of benzene rings is 1. The molecule has 1 aromatic carbocycles. The van der Waals surface area contributed by atoms with E-state index in [-0.39, 0.29) is 0 Å². The number of rotatable bonds is 4. The molecule has 0 spiro atoms. The van der Waals surface area contributed by atoms with E-state index in [0.717, 1.165) is 12.3 Å². The van der Waals surface area contributed by atoms with Gasteiger partial charge < -0.3 is 10.1 Å². The molecule has 3 nitrogen and oxygen atoms in total. The lowest BCUT2D eigenvalue weighted by atomic mass is 9.94. The zero-order chi connectivity index (χ0) is 14.7. The van der Waals surface area contributed by atoms with Crippen LogP contribution in [-0.4, -0.2) is 37.2 Å². The smallest absolute Gasteiger partial charge is 0.119 e. The van der Waals surface area contributed by atoms with Crippen molar-refractivity contribution in [2.45, 2.75) is 50.7 Å². The molecular formula is C17H25BrN2O. The van der Waals surface area contributed by atoms with E-state index in [0.29, 0.717) is 12.1 Å². The molecule has 3 rings (SSSR count). The summed E-state index contributed by atoms with van der Waals surface area (Å²) in [6.45, 7) is 3.42. The second kappa shape index (κ2) is 7.12. The van der Waals surface area contributed by atoms with Gasteiger partial charge in [0.2, 0.25) is 0 Å². The van der Waals surface area contributed by atoms with Crippen molar-refractivity contribution in [2.75, 3.05) is 20.2 Å². The van der Waals surface area contributed by atoms with Gasteiger partial charge in [0.1, 0.15) is 5.75 Å². The molecule has 21 heavy (non-hydrogen) atoms. The van der Waals surface area contributed by atoms with Gasteiger partial charge in [-0.15, -0.1) is 0 Å². The van der Waals surface area contributed by atoms with Crippen LogP contribution in [0, 0.1) is 0 Å². The molecule has 2 fully saturated rings. The van der Waals surface area contributed by atoms with Crippen LogP contribution in [0.1, 0.15) is 37.7 Å². The molecule has 2 heterocycles. The quantitative estimate of drug-likeness (QED) is 0.896. The van der Waals surface area contributed by atoms with Crippen LogP contribution in [0.3, 0.4) is 0 Å². The maximum absolute atomic E-state index is 5.37. The van der Waals surface area contributed by atoms with Crippen molar-refractivity contribution in [1.82, 2.24) is 10.2 Å². The number of hydrogen-bond acceptors (Lipinski definition) is 3. The van der Waals surface area contributed by atoms with Crippen molar-refractivity contribution in [3.8, 4) is 5.75 Å². The van der Waals surface area contributed by atoms with Crippen LogP contribution in [-0.2, 0) is 6.54 Å². The van der Waals surface area contributed by atoms with Crippen LogP contribution in [0.25, 0.3) is 0 Å². The highest BCUT2D eigenvalue weighted by molar-refractivity contribution is 9.10. The van der Waals surface area contributed by atoms with Crippen LogP contribution in [0.4, 0.5) is 0 Å². The predicted molar refractivity (Wildman–Crippen MR) is 89.8 cm³/mol. The Morgan fingerprint density at radius 1 is 1.29 bits per heavy atom. The Balaban J connectivity index is 1.74. The second-order valence-corrected chi connectivity index (χ2v) is 7.05. The van der Waals surface area contributed by atoms with E-state index in [2.05, 4.69) is 38.3 Å². The summed E-state index contributed by atoms with van der Waals surface area (Å²) in [4.78, 5) is 2.67. The van der Waals surface area contributed by atoms with Gasteiger partial charge in [-0.05, 0) is 62.5 Å². The first-order valence-corrected chi connectivity index (χ1v) is 8.87. The summed E-state index contributed by atoms with van der Waals surface area (Å²) < 4.78 is 6.56. The molecule has 116 valence electrons. The maximum Gasteiger partial charge on any atom is 0.119 e. The van der Waals surface area contributed by atoms with Crippen LogP contribution in [0.2, 0.25) is 0 Å². The molecule has 0 amide bonds. The monoisotopic (exact) mass is 352 g/mol. The van der Waals surface area contributed by atoms with Gasteiger partial charge >= 0.3 is 0 Å².